The summed E-state index contributed by atoms with van der Waals surface area (Å²) < 4.78 is 14.9. The highest BCUT2D eigenvalue weighted by molar-refractivity contribution is 9.10. The summed E-state index contributed by atoms with van der Waals surface area (Å²) in [5.41, 5.74) is 1.71. The SMILES string of the molecule is C=CCN(Cc1ccccc1Br)c1ccccc1F. The first-order valence-electron chi connectivity index (χ1n) is 6.06. The van der Waals surface area contributed by atoms with Gasteiger partial charge in [-0.3, -0.25) is 0 Å². The Kier molecular flexibility index (Phi) is 4.74. The molecule has 0 amide bonds. The molecule has 0 aromatic heterocycles. The minimum Gasteiger partial charge on any atom is -0.361 e. The number of rotatable bonds is 5. The van der Waals surface area contributed by atoms with Crippen molar-refractivity contribution in [3.8, 4) is 0 Å². The molecular weight excluding hydrogens is 305 g/mol. The molecular formula is C16H15BrFN. The van der Waals surface area contributed by atoms with E-state index in [1.807, 2.05) is 35.2 Å². The van der Waals surface area contributed by atoms with Crippen molar-refractivity contribution in [1.82, 2.24) is 0 Å². The molecule has 0 atom stereocenters. The van der Waals surface area contributed by atoms with Crippen molar-refractivity contribution in [3.63, 3.8) is 0 Å². The summed E-state index contributed by atoms with van der Waals surface area (Å²) >= 11 is 3.52. The molecule has 0 unspecified atom stereocenters. The fourth-order valence-electron chi connectivity index (χ4n) is 1.94. The molecule has 0 bridgehead atoms. The third kappa shape index (κ3) is 3.44. The van der Waals surface area contributed by atoms with Gasteiger partial charge >= 0.3 is 0 Å². The molecule has 0 N–H and O–H groups in total. The minimum absolute atomic E-state index is 0.212. The first-order valence-corrected chi connectivity index (χ1v) is 6.85. The maximum atomic E-state index is 13.9. The van der Waals surface area contributed by atoms with E-state index in [0.717, 1.165) is 10.0 Å². The Labute approximate surface area is 121 Å². The van der Waals surface area contributed by atoms with Crippen LogP contribution in [0.25, 0.3) is 0 Å². The average Bonchev–Trinajstić information content (AvgIpc) is 2.41. The first kappa shape index (κ1) is 13.8. The molecule has 0 radical (unpaired) electrons. The van der Waals surface area contributed by atoms with E-state index in [4.69, 9.17) is 0 Å². The Morgan fingerprint density at radius 2 is 1.79 bits per heavy atom. The molecule has 0 fully saturated rings. The van der Waals surface area contributed by atoms with Gasteiger partial charge in [0.1, 0.15) is 5.82 Å². The highest BCUT2D eigenvalue weighted by atomic mass is 79.9. The molecule has 0 heterocycles. The van der Waals surface area contributed by atoms with Crippen LogP contribution in [0.2, 0.25) is 0 Å². The summed E-state index contributed by atoms with van der Waals surface area (Å²) in [5, 5.41) is 0. The van der Waals surface area contributed by atoms with Crippen molar-refractivity contribution < 1.29 is 4.39 Å². The summed E-state index contributed by atoms with van der Waals surface area (Å²) in [6.07, 6.45) is 1.78. The zero-order valence-electron chi connectivity index (χ0n) is 10.5. The van der Waals surface area contributed by atoms with Crippen molar-refractivity contribution in [1.29, 1.82) is 0 Å². The lowest BCUT2D eigenvalue weighted by Gasteiger charge is -2.24. The molecule has 2 aromatic carbocycles. The van der Waals surface area contributed by atoms with Gasteiger partial charge in [0.25, 0.3) is 0 Å². The highest BCUT2D eigenvalue weighted by Gasteiger charge is 2.11. The predicted octanol–water partition coefficient (Wildman–Crippen LogP) is 4.78. The number of halogens is 2. The van der Waals surface area contributed by atoms with Crippen molar-refractivity contribution in [2.24, 2.45) is 0 Å². The van der Waals surface area contributed by atoms with Gasteiger partial charge in [0, 0.05) is 17.6 Å². The Hall–Kier alpha value is -1.61. The fraction of sp³-hybridized carbons (Fsp3) is 0.125. The normalized spacial score (nSPS) is 10.2. The number of anilines is 1. The second-order valence-electron chi connectivity index (χ2n) is 4.21. The van der Waals surface area contributed by atoms with Gasteiger partial charge in [-0.15, -0.1) is 6.58 Å². The maximum Gasteiger partial charge on any atom is 0.146 e. The monoisotopic (exact) mass is 319 g/mol. The van der Waals surface area contributed by atoms with Crippen molar-refractivity contribution >= 4 is 21.6 Å². The van der Waals surface area contributed by atoms with Crippen LogP contribution in [0.4, 0.5) is 10.1 Å². The molecule has 0 aliphatic rings. The molecule has 0 spiro atoms. The van der Waals surface area contributed by atoms with Crippen LogP contribution in [0.1, 0.15) is 5.56 Å². The smallest absolute Gasteiger partial charge is 0.146 e. The zero-order chi connectivity index (χ0) is 13.7. The van der Waals surface area contributed by atoms with Gasteiger partial charge in [0.2, 0.25) is 0 Å². The molecule has 2 rings (SSSR count). The quantitative estimate of drug-likeness (QED) is 0.717. The van der Waals surface area contributed by atoms with E-state index in [2.05, 4.69) is 22.5 Å². The molecule has 0 saturated carbocycles. The van der Waals surface area contributed by atoms with Gasteiger partial charge in [-0.2, -0.15) is 0 Å². The van der Waals surface area contributed by atoms with E-state index in [9.17, 15) is 4.39 Å². The third-order valence-corrected chi connectivity index (χ3v) is 3.64. The van der Waals surface area contributed by atoms with Gasteiger partial charge in [-0.05, 0) is 23.8 Å². The lowest BCUT2D eigenvalue weighted by Crippen LogP contribution is -2.23. The zero-order valence-corrected chi connectivity index (χ0v) is 12.1. The molecule has 2 aromatic rings. The van der Waals surface area contributed by atoms with Crippen LogP contribution in [-0.2, 0) is 6.54 Å². The maximum absolute atomic E-state index is 13.9. The van der Waals surface area contributed by atoms with E-state index in [1.165, 1.54) is 6.07 Å². The van der Waals surface area contributed by atoms with Crippen LogP contribution in [0.5, 0.6) is 0 Å². The van der Waals surface area contributed by atoms with Crippen molar-refractivity contribution in [3.05, 3.63) is 77.0 Å². The van der Waals surface area contributed by atoms with Gasteiger partial charge < -0.3 is 4.90 Å². The summed E-state index contributed by atoms with van der Waals surface area (Å²) in [6, 6.07) is 14.8. The molecule has 0 aliphatic carbocycles. The number of para-hydroxylation sites is 1. The number of nitrogens with zero attached hydrogens (tertiary/aromatic N) is 1. The fourth-order valence-corrected chi connectivity index (χ4v) is 2.35. The van der Waals surface area contributed by atoms with Crippen LogP contribution >= 0.6 is 15.9 Å². The molecule has 3 heteroatoms. The van der Waals surface area contributed by atoms with Gasteiger partial charge in [0.15, 0.2) is 0 Å². The Balaban J connectivity index is 2.29. The Morgan fingerprint density at radius 1 is 1.11 bits per heavy atom. The average molecular weight is 320 g/mol. The number of hydrogen-bond donors (Lipinski definition) is 0. The molecule has 0 aliphatic heterocycles. The van der Waals surface area contributed by atoms with E-state index < -0.39 is 0 Å². The van der Waals surface area contributed by atoms with E-state index in [0.29, 0.717) is 18.8 Å². The second kappa shape index (κ2) is 6.53. The summed E-state index contributed by atoms with van der Waals surface area (Å²) in [4.78, 5) is 1.96. The second-order valence-corrected chi connectivity index (χ2v) is 5.07. The number of benzene rings is 2. The van der Waals surface area contributed by atoms with Crippen LogP contribution in [-0.4, -0.2) is 6.54 Å². The van der Waals surface area contributed by atoms with Gasteiger partial charge in [0.05, 0.1) is 5.69 Å². The van der Waals surface area contributed by atoms with Crippen LogP contribution in [0.15, 0.2) is 65.7 Å². The van der Waals surface area contributed by atoms with E-state index in [1.54, 1.807) is 18.2 Å². The van der Waals surface area contributed by atoms with Crippen molar-refractivity contribution in [2.45, 2.75) is 6.54 Å². The Morgan fingerprint density at radius 3 is 2.47 bits per heavy atom. The molecule has 19 heavy (non-hydrogen) atoms. The largest absolute Gasteiger partial charge is 0.361 e. The number of hydrogen-bond acceptors (Lipinski definition) is 1. The van der Waals surface area contributed by atoms with E-state index >= 15 is 0 Å². The molecule has 1 nitrogen and oxygen atoms in total. The topological polar surface area (TPSA) is 3.24 Å². The highest BCUT2D eigenvalue weighted by Crippen LogP contribution is 2.24. The standard InChI is InChI=1S/C16H15BrFN/c1-2-11-19(16-10-6-5-9-15(16)18)12-13-7-3-4-8-14(13)17/h2-10H,1,11-12H2. The predicted molar refractivity (Wildman–Crippen MR) is 81.8 cm³/mol. The lowest BCUT2D eigenvalue weighted by molar-refractivity contribution is 0.619. The lowest BCUT2D eigenvalue weighted by atomic mass is 10.2. The van der Waals surface area contributed by atoms with Crippen LogP contribution < -0.4 is 4.90 Å². The van der Waals surface area contributed by atoms with Crippen LogP contribution in [0, 0.1) is 5.82 Å². The Bertz CT molecular complexity index is 568. The molecule has 0 saturated heterocycles. The third-order valence-electron chi connectivity index (χ3n) is 2.86. The van der Waals surface area contributed by atoms with Gasteiger partial charge in [-0.1, -0.05) is 52.3 Å². The summed E-state index contributed by atoms with van der Waals surface area (Å²) in [6.45, 7) is 4.98. The minimum atomic E-state index is -0.212. The molecule has 98 valence electrons. The van der Waals surface area contributed by atoms with Gasteiger partial charge in [-0.25, -0.2) is 4.39 Å². The summed E-state index contributed by atoms with van der Waals surface area (Å²) in [5.74, 6) is -0.212. The van der Waals surface area contributed by atoms with E-state index in [-0.39, 0.29) is 5.82 Å². The first-order chi connectivity index (χ1) is 9.22. The van der Waals surface area contributed by atoms with Crippen LogP contribution in [0.3, 0.4) is 0 Å². The van der Waals surface area contributed by atoms with Crippen molar-refractivity contribution in [2.75, 3.05) is 11.4 Å². The summed E-state index contributed by atoms with van der Waals surface area (Å²) in [7, 11) is 0.